The van der Waals surface area contributed by atoms with Crippen molar-refractivity contribution in [3.05, 3.63) is 66.2 Å². The number of nitrogens with two attached hydrogens (primary N) is 1. The van der Waals surface area contributed by atoms with Crippen molar-refractivity contribution >= 4 is 58.1 Å². The summed E-state index contributed by atoms with van der Waals surface area (Å²) in [5, 5.41) is 2.88. The van der Waals surface area contributed by atoms with Crippen LogP contribution in [0.4, 0.5) is 33.2 Å². The summed E-state index contributed by atoms with van der Waals surface area (Å²) in [7, 11) is 7.95. The standard InChI is InChI=1S/C31H36N6O4S/c1-34(2)22-11-13-24-27(16-22)42-28-17-23(35(3)4)12-14-25(28)37(24)31(40)41-19-20-7-9-21(10-8-20)33-30(39)26-6-5-15-36(26)29(38)18-32/h7-14,16-17,26H,5-6,15,18-19,32H2,1-4H3,(H,33,39)/t26-/m0/s1. The maximum absolute atomic E-state index is 13.6. The van der Waals surface area contributed by atoms with Crippen LogP contribution in [0.25, 0.3) is 0 Å². The number of hydrogen-bond acceptors (Lipinski definition) is 8. The van der Waals surface area contributed by atoms with Crippen molar-refractivity contribution in [1.29, 1.82) is 0 Å². The van der Waals surface area contributed by atoms with E-state index >= 15 is 0 Å². The molecular weight excluding hydrogens is 552 g/mol. The minimum absolute atomic E-state index is 0.0638. The zero-order valence-electron chi connectivity index (χ0n) is 24.3. The molecule has 0 radical (unpaired) electrons. The van der Waals surface area contributed by atoms with Gasteiger partial charge in [0.1, 0.15) is 12.6 Å². The Bertz CT molecular complexity index is 1440. The number of amides is 3. The number of carbonyl (C=O) groups excluding carboxylic acids is 3. The van der Waals surface area contributed by atoms with Gasteiger partial charge in [-0.1, -0.05) is 23.9 Å². The molecule has 11 heteroatoms. The monoisotopic (exact) mass is 588 g/mol. The molecular formula is C31H36N6O4S. The average Bonchev–Trinajstić information content (AvgIpc) is 3.48. The normalized spacial score (nSPS) is 15.5. The van der Waals surface area contributed by atoms with Crippen LogP contribution < -0.4 is 25.8 Å². The molecule has 220 valence electrons. The Morgan fingerprint density at radius 3 is 2.07 bits per heavy atom. The summed E-state index contributed by atoms with van der Waals surface area (Å²) in [6.07, 6.45) is 0.905. The summed E-state index contributed by atoms with van der Waals surface area (Å²) in [4.78, 5) is 47.6. The zero-order valence-corrected chi connectivity index (χ0v) is 25.1. The van der Waals surface area contributed by atoms with Gasteiger partial charge in [-0.15, -0.1) is 0 Å². The highest BCUT2D eigenvalue weighted by Gasteiger charge is 2.33. The molecule has 2 heterocycles. The molecule has 3 amide bonds. The smallest absolute Gasteiger partial charge is 0.419 e. The summed E-state index contributed by atoms with van der Waals surface area (Å²) in [6, 6.07) is 18.7. The molecule has 3 aromatic rings. The highest BCUT2D eigenvalue weighted by atomic mass is 32.2. The van der Waals surface area contributed by atoms with Crippen molar-refractivity contribution in [2.45, 2.75) is 35.3 Å². The third-order valence-corrected chi connectivity index (χ3v) is 8.53. The summed E-state index contributed by atoms with van der Waals surface area (Å²) in [6.45, 7) is 0.490. The van der Waals surface area contributed by atoms with E-state index in [1.807, 2.05) is 62.3 Å². The first-order valence-electron chi connectivity index (χ1n) is 13.8. The first-order chi connectivity index (χ1) is 20.2. The maximum atomic E-state index is 13.6. The largest absolute Gasteiger partial charge is 0.444 e. The quantitative estimate of drug-likeness (QED) is 0.411. The molecule has 1 fully saturated rings. The first kappa shape index (κ1) is 29.3. The lowest BCUT2D eigenvalue weighted by Crippen LogP contribution is -2.45. The van der Waals surface area contributed by atoms with Crippen LogP contribution in [0.3, 0.4) is 0 Å². The van der Waals surface area contributed by atoms with Crippen LogP contribution in [0.5, 0.6) is 0 Å². The zero-order chi connectivity index (χ0) is 30.0. The van der Waals surface area contributed by atoms with Crippen molar-refractivity contribution in [1.82, 2.24) is 4.90 Å². The van der Waals surface area contributed by atoms with Gasteiger partial charge in [0.2, 0.25) is 11.8 Å². The van der Waals surface area contributed by atoms with Crippen LogP contribution in [-0.2, 0) is 20.9 Å². The number of nitrogens with one attached hydrogen (secondary N) is 1. The van der Waals surface area contributed by atoms with Crippen molar-refractivity contribution < 1.29 is 19.1 Å². The Morgan fingerprint density at radius 2 is 1.52 bits per heavy atom. The molecule has 0 bridgehead atoms. The fourth-order valence-corrected chi connectivity index (χ4v) is 6.24. The fraction of sp³-hybridized carbons (Fsp3) is 0.323. The third kappa shape index (κ3) is 6.02. The topological polar surface area (TPSA) is 111 Å². The lowest BCUT2D eigenvalue weighted by atomic mass is 10.1. The second-order valence-corrected chi connectivity index (χ2v) is 11.8. The molecule has 0 unspecified atom stereocenters. The van der Waals surface area contributed by atoms with Gasteiger partial charge in [0.05, 0.1) is 17.9 Å². The number of benzene rings is 3. The highest BCUT2D eigenvalue weighted by molar-refractivity contribution is 7.99. The minimum atomic E-state index is -0.516. The van der Waals surface area contributed by atoms with Gasteiger partial charge in [-0.25, -0.2) is 9.69 Å². The molecule has 1 saturated heterocycles. The van der Waals surface area contributed by atoms with E-state index in [-0.39, 0.29) is 25.0 Å². The molecule has 5 rings (SSSR count). The van der Waals surface area contributed by atoms with Crippen molar-refractivity contribution in [2.75, 3.05) is 61.3 Å². The summed E-state index contributed by atoms with van der Waals surface area (Å²) < 4.78 is 5.81. The second kappa shape index (κ2) is 12.3. The van der Waals surface area contributed by atoms with E-state index in [2.05, 4.69) is 17.4 Å². The second-order valence-electron chi connectivity index (χ2n) is 10.7. The Morgan fingerprint density at radius 1 is 0.929 bits per heavy atom. The SMILES string of the molecule is CN(C)c1ccc2c(c1)Sc1cc(N(C)C)ccc1N2C(=O)OCc1ccc(NC(=O)[C@@H]2CCCN2C(=O)CN)cc1. The molecule has 0 spiro atoms. The number of likely N-dealkylation sites (tertiary alicyclic amines) is 1. The average molecular weight is 589 g/mol. The molecule has 0 aliphatic carbocycles. The van der Waals surface area contributed by atoms with Gasteiger partial charge in [0.25, 0.3) is 0 Å². The van der Waals surface area contributed by atoms with Gasteiger partial charge in [-0.2, -0.15) is 0 Å². The van der Waals surface area contributed by atoms with E-state index in [0.717, 1.165) is 44.5 Å². The molecule has 2 aliphatic heterocycles. The number of rotatable bonds is 7. The van der Waals surface area contributed by atoms with Crippen molar-refractivity contribution in [3.63, 3.8) is 0 Å². The number of fused-ring (bicyclic) bond motifs is 2. The van der Waals surface area contributed by atoms with Crippen LogP contribution in [0, 0.1) is 0 Å². The highest BCUT2D eigenvalue weighted by Crippen LogP contribution is 2.50. The van der Waals surface area contributed by atoms with Gasteiger partial charge < -0.3 is 30.5 Å². The van der Waals surface area contributed by atoms with E-state index in [9.17, 15) is 14.4 Å². The lowest BCUT2D eigenvalue weighted by molar-refractivity contribution is -0.135. The number of anilines is 5. The van der Waals surface area contributed by atoms with E-state index in [4.69, 9.17) is 10.5 Å². The Hall–Kier alpha value is -4.22. The van der Waals surface area contributed by atoms with Crippen LogP contribution in [0.2, 0.25) is 0 Å². The van der Waals surface area contributed by atoms with E-state index in [0.29, 0.717) is 18.7 Å². The summed E-state index contributed by atoms with van der Waals surface area (Å²) >= 11 is 1.63. The van der Waals surface area contributed by atoms with Gasteiger partial charge in [-0.05, 0) is 66.9 Å². The predicted octanol–water partition coefficient (Wildman–Crippen LogP) is 4.65. The molecule has 3 N–H and O–H groups in total. The van der Waals surface area contributed by atoms with E-state index in [1.165, 1.54) is 0 Å². The van der Waals surface area contributed by atoms with Gasteiger partial charge in [0.15, 0.2) is 0 Å². The lowest BCUT2D eigenvalue weighted by Gasteiger charge is -2.32. The van der Waals surface area contributed by atoms with E-state index < -0.39 is 12.1 Å². The predicted molar refractivity (Wildman–Crippen MR) is 167 cm³/mol. The van der Waals surface area contributed by atoms with Crippen LogP contribution in [0.15, 0.2) is 70.5 Å². The van der Waals surface area contributed by atoms with Crippen LogP contribution >= 0.6 is 11.8 Å². The fourth-order valence-electron chi connectivity index (χ4n) is 5.11. The molecule has 2 aliphatic rings. The molecule has 3 aromatic carbocycles. The summed E-state index contributed by atoms with van der Waals surface area (Å²) in [5.74, 6) is -0.456. The van der Waals surface area contributed by atoms with Gasteiger partial charge in [-0.3, -0.25) is 9.59 Å². The van der Waals surface area contributed by atoms with Crippen LogP contribution in [-0.4, -0.2) is 70.1 Å². The molecule has 1 atom stereocenters. The number of nitrogens with zero attached hydrogens (tertiary/aromatic N) is 4. The number of hydrogen-bond donors (Lipinski definition) is 2. The maximum Gasteiger partial charge on any atom is 0.419 e. The number of carbonyl (C=O) groups is 3. The molecule has 0 aromatic heterocycles. The minimum Gasteiger partial charge on any atom is -0.444 e. The summed E-state index contributed by atoms with van der Waals surface area (Å²) in [5.41, 5.74) is 10.5. The molecule has 0 saturated carbocycles. The van der Waals surface area contributed by atoms with Crippen molar-refractivity contribution in [2.24, 2.45) is 5.73 Å². The number of ether oxygens (including phenoxy) is 1. The van der Waals surface area contributed by atoms with Gasteiger partial charge in [0, 0.05) is 61.6 Å². The van der Waals surface area contributed by atoms with E-state index in [1.54, 1.807) is 45.8 Å². The van der Waals surface area contributed by atoms with Crippen LogP contribution in [0.1, 0.15) is 18.4 Å². The Labute approximate surface area is 250 Å². The Kier molecular flexibility index (Phi) is 8.60. The molecule has 42 heavy (non-hydrogen) atoms. The molecule has 10 nitrogen and oxygen atoms in total. The Balaban J connectivity index is 1.29. The third-order valence-electron chi connectivity index (χ3n) is 7.44. The van der Waals surface area contributed by atoms with Crippen molar-refractivity contribution in [3.8, 4) is 0 Å². The van der Waals surface area contributed by atoms with Gasteiger partial charge >= 0.3 is 6.09 Å². The first-order valence-corrected chi connectivity index (χ1v) is 14.6.